The number of sulfonamides is 1. The van der Waals surface area contributed by atoms with E-state index in [4.69, 9.17) is 23.2 Å². The van der Waals surface area contributed by atoms with E-state index in [9.17, 15) is 22.8 Å². The molecule has 1 aliphatic rings. The normalized spacial score (nSPS) is 15.8. The van der Waals surface area contributed by atoms with Crippen LogP contribution in [-0.4, -0.2) is 54.0 Å². The molecule has 2 atom stereocenters. The zero-order valence-electron chi connectivity index (χ0n) is 20.3. The van der Waals surface area contributed by atoms with Crippen molar-refractivity contribution in [1.29, 1.82) is 0 Å². The fourth-order valence-electron chi connectivity index (χ4n) is 3.85. The molecule has 1 heterocycles. The fraction of sp³-hybridized carbons (Fsp3) is 0.400. The highest BCUT2D eigenvalue weighted by molar-refractivity contribution is 7.90. The van der Waals surface area contributed by atoms with E-state index in [1.165, 1.54) is 17.0 Å². The van der Waals surface area contributed by atoms with E-state index in [0.717, 1.165) is 10.7 Å². The summed E-state index contributed by atoms with van der Waals surface area (Å²) in [6.45, 7) is 5.36. The second-order valence-corrected chi connectivity index (χ2v) is 11.4. The van der Waals surface area contributed by atoms with Gasteiger partial charge in [0.2, 0.25) is 11.8 Å². The Bertz CT molecular complexity index is 1270. The van der Waals surface area contributed by atoms with Gasteiger partial charge in [-0.3, -0.25) is 14.4 Å². The average molecular weight is 554 g/mol. The van der Waals surface area contributed by atoms with Crippen molar-refractivity contribution in [1.82, 2.24) is 14.5 Å². The van der Waals surface area contributed by atoms with Gasteiger partial charge in [-0.2, -0.15) is 0 Å². The molecule has 8 nitrogen and oxygen atoms in total. The topological polar surface area (TPSA) is 104 Å². The lowest BCUT2D eigenvalue weighted by molar-refractivity contribution is -0.141. The van der Waals surface area contributed by atoms with Gasteiger partial charge in [-0.15, -0.1) is 0 Å². The lowest BCUT2D eigenvalue weighted by Gasteiger charge is -2.30. The lowest BCUT2D eigenvalue weighted by atomic mass is 10.1. The summed E-state index contributed by atoms with van der Waals surface area (Å²) < 4.78 is 26.3. The predicted octanol–water partition coefficient (Wildman–Crippen LogP) is 4.25. The standard InChI is InChI=1S/C25H29Cl2N3O5S/c1-4-16(2)28-24(32)17(3)29(15-18-11-12-19(26)14-21(18)27)23(31)10-7-13-30-25(33)20-8-5-6-9-22(20)36(30,34)35/h5-6,8-9,11-12,14,16-17H,4,7,10,13,15H2,1-3H3,(H,28,32)/t16-,17-/m1/s1. The highest BCUT2D eigenvalue weighted by Gasteiger charge is 2.40. The van der Waals surface area contributed by atoms with Crippen LogP contribution in [0.15, 0.2) is 47.4 Å². The van der Waals surface area contributed by atoms with Gasteiger partial charge in [-0.25, -0.2) is 12.7 Å². The monoisotopic (exact) mass is 553 g/mol. The van der Waals surface area contributed by atoms with Crippen molar-refractivity contribution in [2.24, 2.45) is 0 Å². The molecule has 0 aromatic heterocycles. The number of fused-ring (bicyclic) bond motifs is 1. The maximum absolute atomic E-state index is 13.3. The van der Waals surface area contributed by atoms with Gasteiger partial charge >= 0.3 is 0 Å². The lowest BCUT2D eigenvalue weighted by Crippen LogP contribution is -2.49. The Kier molecular flexibility index (Phi) is 9.03. The molecule has 1 N–H and O–H groups in total. The van der Waals surface area contributed by atoms with Crippen LogP contribution >= 0.6 is 23.2 Å². The number of amides is 3. The first-order valence-electron chi connectivity index (χ1n) is 11.7. The molecule has 2 aromatic rings. The van der Waals surface area contributed by atoms with Gasteiger partial charge < -0.3 is 10.2 Å². The Labute approximate surface area is 221 Å². The SMILES string of the molecule is CC[C@@H](C)NC(=O)[C@@H](C)N(Cc1ccc(Cl)cc1Cl)C(=O)CCCN1C(=O)c2ccccc2S1(=O)=O. The Morgan fingerprint density at radius 1 is 1.11 bits per heavy atom. The van der Waals surface area contributed by atoms with Gasteiger partial charge in [0.05, 0.1) is 5.56 Å². The van der Waals surface area contributed by atoms with E-state index in [2.05, 4.69) is 5.32 Å². The van der Waals surface area contributed by atoms with E-state index in [-0.39, 0.29) is 54.2 Å². The third-order valence-corrected chi connectivity index (χ3v) is 8.62. The van der Waals surface area contributed by atoms with Crippen molar-refractivity contribution in [2.75, 3.05) is 6.54 Å². The predicted molar refractivity (Wildman–Crippen MR) is 138 cm³/mol. The van der Waals surface area contributed by atoms with Crippen LogP contribution in [0.25, 0.3) is 0 Å². The summed E-state index contributed by atoms with van der Waals surface area (Å²) in [5.41, 5.74) is 0.739. The number of benzene rings is 2. The molecule has 11 heteroatoms. The van der Waals surface area contributed by atoms with Crippen molar-refractivity contribution in [2.45, 2.75) is 63.6 Å². The zero-order chi connectivity index (χ0) is 26.6. The number of carbonyl (C=O) groups is 3. The molecular formula is C25H29Cl2N3O5S. The Hall–Kier alpha value is -2.62. The molecule has 0 saturated carbocycles. The van der Waals surface area contributed by atoms with Crippen molar-refractivity contribution in [3.63, 3.8) is 0 Å². The van der Waals surface area contributed by atoms with Gasteiger partial charge in [-0.05, 0) is 56.5 Å². The number of nitrogens with zero attached hydrogens (tertiary/aromatic N) is 2. The number of rotatable bonds is 10. The average Bonchev–Trinajstić information content (AvgIpc) is 3.03. The molecule has 1 aliphatic heterocycles. The largest absolute Gasteiger partial charge is 0.352 e. The summed E-state index contributed by atoms with van der Waals surface area (Å²) in [5.74, 6) is -1.28. The summed E-state index contributed by atoms with van der Waals surface area (Å²) in [6, 6.07) is 10.1. The third-order valence-electron chi connectivity index (χ3n) is 6.19. The summed E-state index contributed by atoms with van der Waals surface area (Å²) >= 11 is 12.3. The van der Waals surface area contributed by atoms with Crippen LogP contribution in [0, 0.1) is 0 Å². The molecule has 0 aliphatic carbocycles. The number of carbonyl (C=O) groups excluding carboxylic acids is 3. The number of hydrogen-bond donors (Lipinski definition) is 1. The molecule has 2 aromatic carbocycles. The van der Waals surface area contributed by atoms with Gasteiger partial charge in [0.1, 0.15) is 10.9 Å². The van der Waals surface area contributed by atoms with Gasteiger partial charge in [-0.1, -0.05) is 48.3 Å². The summed E-state index contributed by atoms with van der Waals surface area (Å²) in [6.07, 6.45) is 0.764. The molecule has 0 unspecified atom stereocenters. The van der Waals surface area contributed by atoms with Crippen molar-refractivity contribution < 1.29 is 22.8 Å². The molecule has 3 amide bonds. The van der Waals surface area contributed by atoms with Gasteiger partial charge in [0.15, 0.2) is 0 Å². The van der Waals surface area contributed by atoms with Crippen LogP contribution in [0.4, 0.5) is 0 Å². The van der Waals surface area contributed by atoms with Crippen LogP contribution in [0.5, 0.6) is 0 Å². The molecule has 0 saturated heterocycles. The summed E-state index contributed by atoms with van der Waals surface area (Å²) in [5, 5.41) is 3.69. The zero-order valence-corrected chi connectivity index (χ0v) is 22.7. The molecule has 0 radical (unpaired) electrons. The number of hydrogen-bond acceptors (Lipinski definition) is 5. The van der Waals surface area contributed by atoms with Crippen LogP contribution < -0.4 is 5.32 Å². The van der Waals surface area contributed by atoms with Crippen LogP contribution in [0.2, 0.25) is 10.0 Å². The van der Waals surface area contributed by atoms with Gasteiger partial charge in [0, 0.05) is 35.6 Å². The smallest absolute Gasteiger partial charge is 0.269 e. The van der Waals surface area contributed by atoms with E-state index in [1.54, 1.807) is 37.3 Å². The molecule has 194 valence electrons. The van der Waals surface area contributed by atoms with Crippen molar-refractivity contribution in [3.05, 3.63) is 63.6 Å². The van der Waals surface area contributed by atoms with E-state index in [1.807, 2.05) is 13.8 Å². The van der Waals surface area contributed by atoms with Crippen molar-refractivity contribution >= 4 is 50.9 Å². The van der Waals surface area contributed by atoms with E-state index >= 15 is 0 Å². The minimum atomic E-state index is -3.95. The summed E-state index contributed by atoms with van der Waals surface area (Å²) in [7, 11) is -3.95. The first kappa shape index (κ1) is 28.0. The quantitative estimate of drug-likeness (QED) is 0.473. The Morgan fingerprint density at radius 3 is 2.44 bits per heavy atom. The second kappa shape index (κ2) is 11.6. The molecule has 36 heavy (non-hydrogen) atoms. The number of nitrogens with one attached hydrogen (secondary N) is 1. The Morgan fingerprint density at radius 2 is 1.81 bits per heavy atom. The maximum atomic E-state index is 13.3. The number of halogens is 2. The minimum absolute atomic E-state index is 0.0318. The molecule has 0 spiro atoms. The molecule has 0 fully saturated rings. The minimum Gasteiger partial charge on any atom is -0.352 e. The highest BCUT2D eigenvalue weighted by atomic mass is 35.5. The first-order valence-corrected chi connectivity index (χ1v) is 13.9. The van der Waals surface area contributed by atoms with Crippen molar-refractivity contribution in [3.8, 4) is 0 Å². The molecule has 0 bridgehead atoms. The van der Waals surface area contributed by atoms with Crippen LogP contribution in [-0.2, 0) is 26.2 Å². The molecule has 3 rings (SSSR count). The second-order valence-electron chi connectivity index (χ2n) is 8.73. The first-order chi connectivity index (χ1) is 17.0. The Balaban J connectivity index is 1.74. The van der Waals surface area contributed by atoms with Crippen LogP contribution in [0.1, 0.15) is 56.0 Å². The maximum Gasteiger partial charge on any atom is 0.269 e. The molecular weight excluding hydrogens is 525 g/mol. The summed E-state index contributed by atoms with van der Waals surface area (Å²) in [4.78, 5) is 40.1. The third kappa shape index (κ3) is 6.02. The van der Waals surface area contributed by atoms with E-state index in [0.29, 0.717) is 15.6 Å². The van der Waals surface area contributed by atoms with Crippen LogP contribution in [0.3, 0.4) is 0 Å². The van der Waals surface area contributed by atoms with Gasteiger partial charge in [0.25, 0.3) is 15.9 Å². The fourth-order valence-corrected chi connectivity index (χ4v) is 5.93. The highest BCUT2D eigenvalue weighted by Crippen LogP contribution is 2.30. The van der Waals surface area contributed by atoms with E-state index < -0.39 is 22.0 Å².